The maximum atomic E-state index is 6.40. The summed E-state index contributed by atoms with van der Waals surface area (Å²) in [6, 6.07) is 0. The summed E-state index contributed by atoms with van der Waals surface area (Å²) in [5.41, 5.74) is -1.26. The van der Waals surface area contributed by atoms with Gasteiger partial charge in [0.25, 0.3) is 0 Å². The van der Waals surface area contributed by atoms with E-state index in [9.17, 15) is 0 Å². The number of unbranched alkanes of at least 4 members (excludes halogenated alkanes) is 5. The zero-order chi connectivity index (χ0) is 21.2. The summed E-state index contributed by atoms with van der Waals surface area (Å²) in [7, 11) is -0.586. The van der Waals surface area contributed by atoms with Crippen LogP contribution in [0.15, 0.2) is 0 Å². The molecule has 2 rings (SSSR count). The van der Waals surface area contributed by atoms with E-state index >= 15 is 0 Å². The van der Waals surface area contributed by atoms with Crippen molar-refractivity contribution in [3.63, 3.8) is 0 Å². The Hall–Kier alpha value is 0.700. The SMILES string of the molecule is CC1(C)OB(C(CCCCCCCCI)B2OC(C)(C)C(C)(C)O2)OC1(C)C. The second kappa shape index (κ2) is 9.46. The molecule has 0 aromatic heterocycles. The molecule has 28 heavy (non-hydrogen) atoms. The number of hydrogen-bond acceptors (Lipinski definition) is 4. The summed E-state index contributed by atoms with van der Waals surface area (Å²) in [6.07, 6.45) is 8.72. The standard InChI is InChI=1S/C21H41B2IO4/c1-18(2)19(3,4)26-22(25-18)17(15-13-11-9-10-12-14-16-24)23-27-20(5,6)21(7,8)28-23/h17H,9-16H2,1-8H3. The summed E-state index contributed by atoms with van der Waals surface area (Å²) < 4.78 is 26.9. The highest BCUT2D eigenvalue weighted by Gasteiger charge is 2.61. The van der Waals surface area contributed by atoms with Crippen LogP contribution in [0, 0.1) is 0 Å². The van der Waals surface area contributed by atoms with Crippen molar-refractivity contribution in [3.8, 4) is 0 Å². The lowest BCUT2D eigenvalue weighted by Crippen LogP contribution is -2.41. The molecule has 2 heterocycles. The van der Waals surface area contributed by atoms with E-state index in [4.69, 9.17) is 18.6 Å². The van der Waals surface area contributed by atoms with E-state index in [1.165, 1.54) is 36.5 Å². The highest BCUT2D eigenvalue weighted by molar-refractivity contribution is 14.1. The third-order valence-electron chi connectivity index (χ3n) is 7.16. The van der Waals surface area contributed by atoms with E-state index in [-0.39, 0.29) is 42.4 Å². The van der Waals surface area contributed by atoms with Crippen LogP contribution in [-0.4, -0.2) is 41.1 Å². The van der Waals surface area contributed by atoms with Gasteiger partial charge in [-0.3, -0.25) is 0 Å². The van der Waals surface area contributed by atoms with Gasteiger partial charge in [0.15, 0.2) is 0 Å². The molecular formula is C21H41B2IO4. The first-order valence-corrected chi connectivity index (χ1v) is 12.6. The van der Waals surface area contributed by atoms with Crippen LogP contribution in [0.4, 0.5) is 0 Å². The van der Waals surface area contributed by atoms with Crippen LogP contribution >= 0.6 is 22.6 Å². The van der Waals surface area contributed by atoms with Crippen LogP contribution in [0.2, 0.25) is 5.72 Å². The van der Waals surface area contributed by atoms with Gasteiger partial charge in [-0.05, 0) is 66.2 Å². The first kappa shape index (κ1) is 25.0. The van der Waals surface area contributed by atoms with Gasteiger partial charge in [-0.15, -0.1) is 0 Å². The molecule has 162 valence electrons. The van der Waals surface area contributed by atoms with Gasteiger partial charge in [-0.1, -0.05) is 61.1 Å². The Morgan fingerprint density at radius 2 is 0.893 bits per heavy atom. The lowest BCUT2D eigenvalue weighted by Gasteiger charge is -2.32. The quantitative estimate of drug-likeness (QED) is 0.152. The maximum absolute atomic E-state index is 6.40. The van der Waals surface area contributed by atoms with Crippen molar-refractivity contribution in [2.75, 3.05) is 4.43 Å². The summed E-state index contributed by atoms with van der Waals surface area (Å²) in [5.74, 6) is 0. The maximum Gasteiger partial charge on any atom is 0.458 e. The van der Waals surface area contributed by atoms with Crippen LogP contribution in [0.3, 0.4) is 0 Å². The van der Waals surface area contributed by atoms with Crippen molar-refractivity contribution < 1.29 is 18.6 Å². The van der Waals surface area contributed by atoms with E-state index in [1.807, 2.05) is 0 Å². The van der Waals surface area contributed by atoms with E-state index in [1.54, 1.807) is 0 Å². The molecule has 0 spiro atoms. The number of halogens is 1. The fourth-order valence-corrected chi connectivity index (χ4v) is 4.25. The first-order valence-electron chi connectivity index (χ1n) is 11.1. The number of rotatable bonds is 10. The van der Waals surface area contributed by atoms with Crippen LogP contribution in [0.5, 0.6) is 0 Å². The second-order valence-corrected chi connectivity index (χ2v) is 11.6. The van der Waals surface area contributed by atoms with Crippen LogP contribution in [0.1, 0.15) is 100 Å². The molecule has 0 atom stereocenters. The minimum atomic E-state index is -0.334. The predicted octanol–water partition coefficient (Wildman–Crippen LogP) is 6.25. The van der Waals surface area contributed by atoms with Gasteiger partial charge < -0.3 is 18.6 Å². The highest BCUT2D eigenvalue weighted by Crippen LogP contribution is 2.46. The molecule has 0 aromatic rings. The van der Waals surface area contributed by atoms with Gasteiger partial charge in [0, 0.05) is 5.72 Å². The van der Waals surface area contributed by atoms with Crippen LogP contribution in [-0.2, 0) is 18.6 Å². The summed E-state index contributed by atoms with van der Waals surface area (Å²) in [6.45, 7) is 16.9. The smallest absolute Gasteiger partial charge is 0.403 e. The average Bonchev–Trinajstić information content (AvgIpc) is 2.89. The van der Waals surface area contributed by atoms with Gasteiger partial charge in [-0.2, -0.15) is 0 Å². The summed E-state index contributed by atoms with van der Waals surface area (Å²) in [5, 5.41) is 0. The molecule has 0 N–H and O–H groups in total. The summed E-state index contributed by atoms with van der Waals surface area (Å²) >= 11 is 2.46. The van der Waals surface area contributed by atoms with E-state index in [0.717, 1.165) is 12.8 Å². The Morgan fingerprint density at radius 1 is 0.571 bits per heavy atom. The number of hydrogen-bond donors (Lipinski definition) is 0. The molecule has 4 nitrogen and oxygen atoms in total. The third kappa shape index (κ3) is 5.68. The Labute approximate surface area is 188 Å². The lowest BCUT2D eigenvalue weighted by molar-refractivity contribution is 0.00578. The van der Waals surface area contributed by atoms with Gasteiger partial charge in [0.2, 0.25) is 0 Å². The van der Waals surface area contributed by atoms with E-state index in [0.29, 0.717) is 0 Å². The third-order valence-corrected chi connectivity index (χ3v) is 7.93. The average molecular weight is 506 g/mol. The molecule has 0 aliphatic carbocycles. The van der Waals surface area contributed by atoms with E-state index in [2.05, 4.69) is 78.0 Å². The van der Waals surface area contributed by atoms with Crippen LogP contribution < -0.4 is 0 Å². The fourth-order valence-electron chi connectivity index (χ4n) is 3.71. The Kier molecular flexibility index (Phi) is 8.43. The predicted molar refractivity (Wildman–Crippen MR) is 127 cm³/mol. The van der Waals surface area contributed by atoms with Gasteiger partial charge in [0.1, 0.15) is 0 Å². The Morgan fingerprint density at radius 3 is 1.25 bits per heavy atom. The molecule has 0 radical (unpaired) electrons. The molecular weight excluding hydrogens is 465 g/mol. The molecule has 2 aliphatic heterocycles. The molecule has 0 saturated carbocycles. The molecule has 2 aliphatic rings. The van der Waals surface area contributed by atoms with Crippen LogP contribution in [0.25, 0.3) is 0 Å². The minimum absolute atomic E-state index is 0.0800. The van der Waals surface area contributed by atoms with Crippen molar-refractivity contribution >= 4 is 36.8 Å². The zero-order valence-electron chi connectivity index (χ0n) is 19.4. The Bertz CT molecular complexity index is 443. The highest BCUT2D eigenvalue weighted by atomic mass is 127. The fraction of sp³-hybridized carbons (Fsp3) is 1.00. The normalized spacial score (nSPS) is 25.1. The van der Waals surface area contributed by atoms with E-state index < -0.39 is 0 Å². The monoisotopic (exact) mass is 506 g/mol. The van der Waals surface area contributed by atoms with Crippen molar-refractivity contribution in [2.45, 2.75) is 128 Å². The largest absolute Gasteiger partial charge is 0.458 e. The molecule has 7 heteroatoms. The van der Waals surface area contributed by atoms with Gasteiger partial charge in [-0.25, -0.2) is 0 Å². The second-order valence-electron chi connectivity index (χ2n) is 10.5. The van der Waals surface area contributed by atoms with Crippen molar-refractivity contribution in [3.05, 3.63) is 0 Å². The molecule has 2 fully saturated rings. The number of alkyl halides is 1. The van der Waals surface area contributed by atoms with Gasteiger partial charge >= 0.3 is 14.2 Å². The van der Waals surface area contributed by atoms with Gasteiger partial charge in [0.05, 0.1) is 22.4 Å². The lowest BCUT2D eigenvalue weighted by atomic mass is 9.50. The first-order chi connectivity index (χ1) is 12.8. The topological polar surface area (TPSA) is 36.9 Å². The zero-order valence-corrected chi connectivity index (χ0v) is 21.6. The molecule has 0 aromatic carbocycles. The molecule has 2 saturated heterocycles. The molecule has 0 amide bonds. The van der Waals surface area contributed by atoms with Crippen molar-refractivity contribution in [1.82, 2.24) is 0 Å². The summed E-state index contributed by atoms with van der Waals surface area (Å²) in [4.78, 5) is 0. The molecule has 0 unspecified atom stereocenters. The molecule has 0 bridgehead atoms. The van der Waals surface area contributed by atoms with Crippen molar-refractivity contribution in [1.29, 1.82) is 0 Å². The van der Waals surface area contributed by atoms with Crippen molar-refractivity contribution in [2.24, 2.45) is 0 Å². The minimum Gasteiger partial charge on any atom is -0.403 e. The Balaban J connectivity index is 2.01.